The van der Waals surface area contributed by atoms with E-state index in [1.54, 1.807) is 4.31 Å². The molecule has 7 nitrogen and oxygen atoms in total. The lowest BCUT2D eigenvalue weighted by atomic mass is 10.1. The van der Waals surface area contributed by atoms with Crippen LogP contribution in [0.2, 0.25) is 0 Å². The van der Waals surface area contributed by atoms with E-state index in [9.17, 15) is 8.42 Å². The van der Waals surface area contributed by atoms with Crippen molar-refractivity contribution in [2.24, 2.45) is 0 Å². The Labute approximate surface area is 173 Å². The smallest absolute Gasteiger partial charge is 0.218 e. The predicted molar refractivity (Wildman–Crippen MR) is 116 cm³/mol. The van der Waals surface area contributed by atoms with Gasteiger partial charge in [0.25, 0.3) is 0 Å². The fraction of sp³-hybridized carbons (Fsp3) is 0.524. The first-order chi connectivity index (χ1) is 14.0. The molecule has 2 aromatic rings. The molecule has 2 fully saturated rings. The summed E-state index contributed by atoms with van der Waals surface area (Å²) in [6.07, 6.45) is 3.69. The molecule has 0 bridgehead atoms. The van der Waals surface area contributed by atoms with Crippen LogP contribution in [0.25, 0.3) is 0 Å². The normalized spacial score (nSPS) is 18.8. The first-order valence-corrected chi connectivity index (χ1v) is 12.0. The van der Waals surface area contributed by atoms with Crippen molar-refractivity contribution in [2.75, 3.05) is 49.1 Å². The highest BCUT2D eigenvalue weighted by Gasteiger charge is 2.28. The van der Waals surface area contributed by atoms with Gasteiger partial charge in [0.05, 0.1) is 5.75 Å². The zero-order valence-electron chi connectivity index (χ0n) is 17.0. The Morgan fingerprint density at radius 2 is 1.41 bits per heavy atom. The Hall–Kier alpha value is -2.19. The second-order valence-corrected chi connectivity index (χ2v) is 9.78. The third kappa shape index (κ3) is 4.87. The number of hydrogen-bond donors (Lipinski definition) is 0. The number of aryl methyl sites for hydroxylation is 1. The molecule has 0 unspecified atom stereocenters. The van der Waals surface area contributed by atoms with E-state index in [1.165, 1.54) is 19.3 Å². The summed E-state index contributed by atoms with van der Waals surface area (Å²) in [5, 5.41) is 0. The minimum Gasteiger partial charge on any atom is -0.356 e. The second kappa shape index (κ2) is 8.67. The fourth-order valence-electron chi connectivity index (χ4n) is 4.06. The van der Waals surface area contributed by atoms with Crippen molar-refractivity contribution >= 4 is 21.7 Å². The Balaban J connectivity index is 1.42. The number of piperazine rings is 1. The molecular formula is C21H29N5O2S. The second-order valence-electron chi connectivity index (χ2n) is 7.81. The van der Waals surface area contributed by atoms with Gasteiger partial charge in [-0.1, -0.05) is 30.3 Å². The average Bonchev–Trinajstić information content (AvgIpc) is 2.74. The van der Waals surface area contributed by atoms with E-state index in [-0.39, 0.29) is 5.75 Å². The van der Waals surface area contributed by atoms with Crippen LogP contribution in [0.1, 0.15) is 30.7 Å². The van der Waals surface area contributed by atoms with Gasteiger partial charge in [-0.25, -0.2) is 18.4 Å². The van der Waals surface area contributed by atoms with Gasteiger partial charge in [-0.05, 0) is 31.7 Å². The van der Waals surface area contributed by atoms with E-state index in [2.05, 4.69) is 25.8 Å². The summed E-state index contributed by atoms with van der Waals surface area (Å²) in [5.41, 5.74) is 0.826. The molecule has 0 aliphatic carbocycles. The van der Waals surface area contributed by atoms with Crippen LogP contribution in [0.15, 0.2) is 36.4 Å². The zero-order chi connectivity index (χ0) is 20.3. The maximum atomic E-state index is 12.8. The molecule has 1 aromatic carbocycles. The van der Waals surface area contributed by atoms with E-state index in [0.29, 0.717) is 26.2 Å². The molecule has 0 N–H and O–H groups in total. The zero-order valence-corrected chi connectivity index (χ0v) is 17.8. The number of benzene rings is 1. The Kier molecular flexibility index (Phi) is 6.01. The van der Waals surface area contributed by atoms with Crippen molar-refractivity contribution in [3.05, 3.63) is 47.8 Å². The summed E-state index contributed by atoms with van der Waals surface area (Å²) >= 11 is 0. The number of sulfonamides is 1. The van der Waals surface area contributed by atoms with Gasteiger partial charge in [0.15, 0.2) is 0 Å². The number of piperidine rings is 1. The summed E-state index contributed by atoms with van der Waals surface area (Å²) in [7, 11) is -3.31. The summed E-state index contributed by atoms with van der Waals surface area (Å²) in [4.78, 5) is 13.8. The monoisotopic (exact) mass is 415 g/mol. The van der Waals surface area contributed by atoms with Gasteiger partial charge in [0.2, 0.25) is 10.0 Å². The van der Waals surface area contributed by atoms with Crippen LogP contribution in [0, 0.1) is 6.92 Å². The minimum absolute atomic E-state index is 0.0551. The van der Waals surface area contributed by atoms with Crippen LogP contribution in [0.4, 0.5) is 11.6 Å². The van der Waals surface area contributed by atoms with Gasteiger partial charge >= 0.3 is 0 Å². The van der Waals surface area contributed by atoms with Crippen molar-refractivity contribution in [3.63, 3.8) is 0 Å². The Morgan fingerprint density at radius 3 is 2.03 bits per heavy atom. The van der Waals surface area contributed by atoms with Gasteiger partial charge in [0, 0.05) is 45.3 Å². The molecule has 29 heavy (non-hydrogen) atoms. The topological polar surface area (TPSA) is 69.6 Å². The molecule has 2 saturated heterocycles. The average molecular weight is 416 g/mol. The quantitative estimate of drug-likeness (QED) is 0.747. The lowest BCUT2D eigenvalue weighted by molar-refractivity contribution is 0.383. The molecule has 0 atom stereocenters. The summed E-state index contributed by atoms with van der Waals surface area (Å²) in [5.74, 6) is 2.71. The summed E-state index contributed by atoms with van der Waals surface area (Å²) in [6.45, 7) is 6.27. The van der Waals surface area contributed by atoms with E-state index >= 15 is 0 Å². The van der Waals surface area contributed by atoms with Crippen molar-refractivity contribution < 1.29 is 8.42 Å². The number of anilines is 2. The summed E-state index contributed by atoms with van der Waals surface area (Å²) < 4.78 is 27.2. The largest absolute Gasteiger partial charge is 0.356 e. The van der Waals surface area contributed by atoms with E-state index in [4.69, 9.17) is 0 Å². The Bertz CT molecular complexity index is 921. The Morgan fingerprint density at radius 1 is 0.828 bits per heavy atom. The summed E-state index contributed by atoms with van der Waals surface area (Å²) in [6, 6.07) is 11.4. The predicted octanol–water partition coefficient (Wildman–Crippen LogP) is 2.43. The molecular weight excluding hydrogens is 386 g/mol. The molecule has 4 rings (SSSR count). The molecule has 2 aliphatic rings. The van der Waals surface area contributed by atoms with Crippen molar-refractivity contribution in [2.45, 2.75) is 31.9 Å². The third-order valence-electron chi connectivity index (χ3n) is 5.64. The van der Waals surface area contributed by atoms with Crippen molar-refractivity contribution in [1.29, 1.82) is 0 Å². The lowest BCUT2D eigenvalue weighted by Gasteiger charge is -2.35. The van der Waals surface area contributed by atoms with E-state index in [0.717, 1.165) is 36.1 Å². The van der Waals surface area contributed by atoms with Crippen molar-refractivity contribution in [1.82, 2.24) is 14.3 Å². The first kappa shape index (κ1) is 20.1. The van der Waals surface area contributed by atoms with Gasteiger partial charge in [0.1, 0.15) is 17.5 Å². The number of hydrogen-bond acceptors (Lipinski definition) is 6. The van der Waals surface area contributed by atoms with Gasteiger partial charge in [-0.3, -0.25) is 0 Å². The highest BCUT2D eigenvalue weighted by Crippen LogP contribution is 2.24. The molecule has 0 saturated carbocycles. The van der Waals surface area contributed by atoms with Crippen LogP contribution < -0.4 is 9.80 Å². The number of aromatic nitrogens is 2. The van der Waals surface area contributed by atoms with Gasteiger partial charge in [-0.2, -0.15) is 4.31 Å². The van der Waals surface area contributed by atoms with Crippen LogP contribution in [-0.2, 0) is 15.8 Å². The SMILES string of the molecule is Cc1nc(N2CCCCC2)cc(N2CCN(S(=O)(=O)Cc3ccccc3)CC2)n1. The van der Waals surface area contributed by atoms with Crippen LogP contribution in [0.3, 0.4) is 0 Å². The van der Waals surface area contributed by atoms with Crippen LogP contribution in [0.5, 0.6) is 0 Å². The molecule has 3 heterocycles. The lowest BCUT2D eigenvalue weighted by Crippen LogP contribution is -2.49. The molecule has 1 aromatic heterocycles. The highest BCUT2D eigenvalue weighted by molar-refractivity contribution is 7.88. The molecule has 156 valence electrons. The maximum Gasteiger partial charge on any atom is 0.218 e. The van der Waals surface area contributed by atoms with E-state index < -0.39 is 10.0 Å². The van der Waals surface area contributed by atoms with Gasteiger partial charge < -0.3 is 9.80 Å². The van der Waals surface area contributed by atoms with Crippen LogP contribution in [-0.4, -0.2) is 62.0 Å². The minimum atomic E-state index is -3.31. The van der Waals surface area contributed by atoms with Gasteiger partial charge in [-0.15, -0.1) is 0 Å². The molecule has 0 amide bonds. The number of rotatable bonds is 5. The molecule has 8 heteroatoms. The van der Waals surface area contributed by atoms with E-state index in [1.807, 2.05) is 37.3 Å². The highest BCUT2D eigenvalue weighted by atomic mass is 32.2. The van der Waals surface area contributed by atoms with Crippen LogP contribution >= 0.6 is 0 Å². The first-order valence-electron chi connectivity index (χ1n) is 10.4. The number of nitrogens with zero attached hydrogens (tertiary/aromatic N) is 5. The maximum absolute atomic E-state index is 12.8. The van der Waals surface area contributed by atoms with Crippen molar-refractivity contribution in [3.8, 4) is 0 Å². The fourth-order valence-corrected chi connectivity index (χ4v) is 5.57. The molecule has 0 spiro atoms. The molecule has 2 aliphatic heterocycles. The molecule has 0 radical (unpaired) electrons. The third-order valence-corrected chi connectivity index (χ3v) is 7.49. The standard InChI is InChI=1S/C21H29N5O2S/c1-18-22-20(24-10-6-3-7-11-24)16-21(23-18)25-12-14-26(15-13-25)29(27,28)17-19-8-4-2-5-9-19/h2,4-5,8-9,16H,3,6-7,10-15,17H2,1H3.